The molecule has 40 heavy (non-hydrogen) atoms. The fraction of sp³-hybridized carbons (Fsp3) is 0.0938. The lowest BCUT2D eigenvalue weighted by atomic mass is 10.0. The Bertz CT molecular complexity index is 1540. The van der Waals surface area contributed by atoms with Crippen LogP contribution in [0.5, 0.6) is 5.75 Å². The maximum Gasteiger partial charge on any atom is 0.414 e. The van der Waals surface area contributed by atoms with E-state index < -0.39 is 11.9 Å². The van der Waals surface area contributed by atoms with E-state index in [1.54, 1.807) is 0 Å². The van der Waals surface area contributed by atoms with Gasteiger partial charge in [0.05, 0.1) is 11.9 Å². The van der Waals surface area contributed by atoms with Crippen LogP contribution in [0.15, 0.2) is 115 Å². The molecule has 0 spiro atoms. The predicted octanol–water partition coefficient (Wildman–Crippen LogP) is 6.10. The number of aromatic nitrogens is 2. The van der Waals surface area contributed by atoms with Gasteiger partial charge in [-0.3, -0.25) is 0 Å². The molecule has 0 aliphatic rings. The van der Waals surface area contributed by atoms with Crippen molar-refractivity contribution in [1.29, 1.82) is 0 Å². The fourth-order valence-electron chi connectivity index (χ4n) is 3.97. The lowest BCUT2D eigenvalue weighted by molar-refractivity contribution is -0.159. The summed E-state index contributed by atoms with van der Waals surface area (Å²) in [5, 5.41) is 18.2. The van der Waals surface area contributed by atoms with Gasteiger partial charge in [0.2, 0.25) is 5.95 Å². The smallest absolute Gasteiger partial charge is 0.414 e. The topological polar surface area (TPSA) is 114 Å². The molecule has 0 atom stereocenters. The maximum atomic E-state index is 9.10. The third kappa shape index (κ3) is 7.58. The van der Waals surface area contributed by atoms with Crippen molar-refractivity contribution in [2.45, 2.75) is 13.2 Å². The summed E-state index contributed by atoms with van der Waals surface area (Å²) in [7, 11) is 2.04. The number of carboxylic acid groups (broad SMARTS) is 2. The molecule has 5 rings (SSSR count). The molecule has 0 amide bonds. The van der Waals surface area contributed by atoms with Gasteiger partial charge in [-0.15, -0.1) is 0 Å². The van der Waals surface area contributed by atoms with E-state index in [-0.39, 0.29) is 0 Å². The third-order valence-electron chi connectivity index (χ3n) is 6.06. The number of nitrogens with one attached hydrogen (secondary N) is 1. The van der Waals surface area contributed by atoms with Crippen LogP contribution in [0.1, 0.15) is 11.1 Å². The van der Waals surface area contributed by atoms with Gasteiger partial charge in [0.25, 0.3) is 0 Å². The second-order valence-corrected chi connectivity index (χ2v) is 8.85. The molecule has 0 radical (unpaired) electrons. The molecule has 0 saturated carbocycles. The number of ether oxygens (including phenoxy) is 1. The molecular formula is C32H29N3O5. The standard InChI is InChI=1S/C30H27N3O.C2H2O4/c1-33-29(27-17-15-26(16-18-27)25-12-6-3-7-13-25)21-32-30(33)31-20-24-11-8-14-28(19-24)34-22-23-9-4-2-5-10-23;3-1(4)2(5)6/h2-19,21H,20,22H2,1H3,(H,31,32);(H,3,4)(H,5,6). The summed E-state index contributed by atoms with van der Waals surface area (Å²) in [4.78, 5) is 22.8. The average Bonchev–Trinajstić information content (AvgIpc) is 3.36. The zero-order valence-corrected chi connectivity index (χ0v) is 21.9. The Balaban J connectivity index is 0.000000557. The molecule has 3 N–H and O–H groups in total. The highest BCUT2D eigenvalue weighted by molar-refractivity contribution is 6.27. The first-order valence-electron chi connectivity index (χ1n) is 12.5. The lowest BCUT2D eigenvalue weighted by Gasteiger charge is -2.11. The van der Waals surface area contributed by atoms with Crippen molar-refractivity contribution in [2.75, 3.05) is 5.32 Å². The fourth-order valence-corrected chi connectivity index (χ4v) is 3.97. The van der Waals surface area contributed by atoms with Gasteiger partial charge in [0.15, 0.2) is 0 Å². The Labute approximate surface area is 232 Å². The Kier molecular flexibility index (Phi) is 9.29. The minimum atomic E-state index is -1.82. The van der Waals surface area contributed by atoms with Crippen molar-refractivity contribution in [1.82, 2.24) is 9.55 Å². The van der Waals surface area contributed by atoms with Gasteiger partial charge in [0, 0.05) is 13.6 Å². The SMILES string of the molecule is Cn1c(-c2ccc(-c3ccccc3)cc2)cnc1NCc1cccc(OCc2ccccc2)c1.O=C(O)C(=O)O. The number of imidazole rings is 1. The van der Waals surface area contributed by atoms with Crippen LogP contribution in [0, 0.1) is 0 Å². The molecule has 0 aliphatic heterocycles. The molecule has 0 unspecified atom stereocenters. The number of aliphatic carboxylic acids is 2. The molecule has 8 heteroatoms. The van der Waals surface area contributed by atoms with Gasteiger partial charge >= 0.3 is 11.9 Å². The van der Waals surface area contributed by atoms with Crippen molar-refractivity contribution in [3.8, 4) is 28.1 Å². The summed E-state index contributed by atoms with van der Waals surface area (Å²) in [6, 6.07) is 37.4. The number of hydrogen-bond donors (Lipinski definition) is 3. The lowest BCUT2D eigenvalue weighted by Crippen LogP contribution is -2.09. The monoisotopic (exact) mass is 535 g/mol. The van der Waals surface area contributed by atoms with Gasteiger partial charge < -0.3 is 24.8 Å². The largest absolute Gasteiger partial charge is 0.489 e. The highest BCUT2D eigenvalue weighted by atomic mass is 16.5. The van der Waals surface area contributed by atoms with Crippen LogP contribution in [0.25, 0.3) is 22.4 Å². The molecule has 8 nitrogen and oxygen atoms in total. The van der Waals surface area contributed by atoms with E-state index in [4.69, 9.17) is 24.5 Å². The Morgan fingerprint density at radius 2 is 1.32 bits per heavy atom. The number of hydrogen-bond acceptors (Lipinski definition) is 5. The van der Waals surface area contributed by atoms with E-state index in [0.29, 0.717) is 13.2 Å². The first-order valence-corrected chi connectivity index (χ1v) is 12.5. The van der Waals surface area contributed by atoms with E-state index >= 15 is 0 Å². The first kappa shape index (κ1) is 27.7. The normalized spacial score (nSPS) is 10.2. The molecule has 4 aromatic carbocycles. The summed E-state index contributed by atoms with van der Waals surface area (Å²) >= 11 is 0. The average molecular weight is 536 g/mol. The van der Waals surface area contributed by atoms with Crippen molar-refractivity contribution in [3.05, 3.63) is 127 Å². The van der Waals surface area contributed by atoms with Gasteiger partial charge in [-0.05, 0) is 39.9 Å². The Morgan fingerprint density at radius 1 is 0.750 bits per heavy atom. The van der Waals surface area contributed by atoms with Crippen LogP contribution >= 0.6 is 0 Å². The summed E-state index contributed by atoms with van der Waals surface area (Å²) in [5.41, 5.74) is 6.93. The number of anilines is 1. The van der Waals surface area contributed by atoms with Gasteiger partial charge in [-0.1, -0.05) is 97.1 Å². The zero-order chi connectivity index (χ0) is 28.3. The number of nitrogens with zero attached hydrogens (tertiary/aromatic N) is 2. The Morgan fingerprint density at radius 3 is 1.98 bits per heavy atom. The molecular weight excluding hydrogens is 506 g/mol. The van der Waals surface area contributed by atoms with Crippen molar-refractivity contribution in [3.63, 3.8) is 0 Å². The minimum Gasteiger partial charge on any atom is -0.489 e. The van der Waals surface area contributed by atoms with Crippen molar-refractivity contribution < 1.29 is 24.5 Å². The van der Waals surface area contributed by atoms with Crippen LogP contribution in [-0.4, -0.2) is 31.7 Å². The third-order valence-corrected chi connectivity index (χ3v) is 6.06. The van der Waals surface area contributed by atoms with Crippen molar-refractivity contribution in [2.24, 2.45) is 7.05 Å². The molecule has 1 aromatic heterocycles. The second kappa shape index (κ2) is 13.4. The molecule has 0 bridgehead atoms. The van der Waals surface area contributed by atoms with Crippen molar-refractivity contribution >= 4 is 17.9 Å². The highest BCUT2D eigenvalue weighted by Gasteiger charge is 2.09. The molecule has 202 valence electrons. The maximum absolute atomic E-state index is 9.10. The van der Waals surface area contributed by atoms with E-state index in [1.165, 1.54) is 11.1 Å². The van der Waals surface area contributed by atoms with E-state index in [1.807, 2.05) is 49.6 Å². The summed E-state index contributed by atoms with van der Waals surface area (Å²) < 4.78 is 8.05. The summed E-state index contributed by atoms with van der Waals surface area (Å²) in [6.45, 7) is 1.23. The second-order valence-electron chi connectivity index (χ2n) is 8.85. The molecule has 0 fully saturated rings. The molecule has 0 saturated heterocycles. The number of rotatable bonds is 8. The number of benzene rings is 4. The van der Waals surface area contributed by atoms with Crippen LogP contribution in [0.4, 0.5) is 5.95 Å². The number of carboxylic acids is 2. The Hall–Kier alpha value is -5.37. The zero-order valence-electron chi connectivity index (χ0n) is 21.9. The quantitative estimate of drug-likeness (QED) is 0.206. The first-order chi connectivity index (χ1) is 19.4. The van der Waals surface area contributed by atoms with Crippen LogP contribution in [-0.2, 0) is 29.8 Å². The number of carbonyl (C=O) groups is 2. The van der Waals surface area contributed by atoms with Gasteiger partial charge in [-0.2, -0.15) is 0 Å². The van der Waals surface area contributed by atoms with Crippen LogP contribution in [0.3, 0.4) is 0 Å². The highest BCUT2D eigenvalue weighted by Crippen LogP contribution is 2.26. The summed E-state index contributed by atoms with van der Waals surface area (Å²) in [6.07, 6.45) is 1.92. The van der Waals surface area contributed by atoms with Gasteiger partial charge in [0.1, 0.15) is 12.4 Å². The summed E-state index contributed by atoms with van der Waals surface area (Å²) in [5.74, 6) is -1.95. The molecule has 0 aliphatic carbocycles. The molecule has 5 aromatic rings. The minimum absolute atomic E-state index is 0.559. The van der Waals surface area contributed by atoms with E-state index in [9.17, 15) is 0 Å². The predicted molar refractivity (Wildman–Crippen MR) is 154 cm³/mol. The molecule has 1 heterocycles. The van der Waals surface area contributed by atoms with Crippen LogP contribution < -0.4 is 10.1 Å². The van der Waals surface area contributed by atoms with Gasteiger partial charge in [-0.25, -0.2) is 14.6 Å². The van der Waals surface area contributed by atoms with E-state index in [0.717, 1.165) is 34.1 Å². The van der Waals surface area contributed by atoms with Crippen LogP contribution in [0.2, 0.25) is 0 Å². The van der Waals surface area contributed by atoms with E-state index in [2.05, 4.69) is 87.7 Å².